The van der Waals surface area contributed by atoms with Crippen molar-refractivity contribution in [1.29, 1.82) is 0 Å². The second-order valence-corrected chi connectivity index (χ2v) is 11.0. The lowest BCUT2D eigenvalue weighted by molar-refractivity contribution is 0.0240. The monoisotopic (exact) mass is 567 g/mol. The average Bonchev–Trinajstić information content (AvgIpc) is 3.70. The molecule has 3 aromatic rings. The Balaban J connectivity index is 1.45. The maximum absolute atomic E-state index is 12.9. The number of nitrogens with zero attached hydrogens (tertiary/aromatic N) is 6. The van der Waals surface area contributed by atoms with Crippen molar-refractivity contribution in [2.24, 2.45) is 0 Å². The van der Waals surface area contributed by atoms with Gasteiger partial charge in [-0.2, -0.15) is 4.98 Å². The standard InChI is InChI=1S/C28H37N7O6/c1-28(2,3)41-27(37)33-12-19-20(13-33)30-26(32-25(19)35-9-7-8-17(35)15-36)31-23-14-34(16-29-23)18-10-21(38-4)24(40-6)22(11-18)39-5/h10-11,14,16-17,36H,7-9,12-13,15H2,1-6H3,(H,30,31,32). The molecule has 2 aromatic heterocycles. The molecule has 1 aromatic carbocycles. The topological polar surface area (TPSA) is 136 Å². The highest BCUT2D eigenvalue weighted by Crippen LogP contribution is 2.40. The average molecular weight is 568 g/mol. The number of anilines is 3. The Hall–Kier alpha value is -4.26. The fourth-order valence-electron chi connectivity index (χ4n) is 5.15. The second kappa shape index (κ2) is 11.3. The highest BCUT2D eigenvalue weighted by atomic mass is 16.6. The van der Waals surface area contributed by atoms with Crippen LogP contribution in [0.3, 0.4) is 0 Å². The first-order valence-corrected chi connectivity index (χ1v) is 13.5. The number of aromatic nitrogens is 4. The summed E-state index contributed by atoms with van der Waals surface area (Å²) in [7, 11) is 4.69. The van der Waals surface area contributed by atoms with Gasteiger partial charge in [0.05, 0.1) is 64.6 Å². The summed E-state index contributed by atoms with van der Waals surface area (Å²) < 4.78 is 23.8. The summed E-state index contributed by atoms with van der Waals surface area (Å²) in [6.07, 6.45) is 4.87. The van der Waals surface area contributed by atoms with Crippen molar-refractivity contribution in [3.8, 4) is 22.9 Å². The number of imidazole rings is 1. The molecule has 1 amide bonds. The number of rotatable bonds is 8. The summed E-state index contributed by atoms with van der Waals surface area (Å²) in [6.45, 7) is 6.95. The van der Waals surface area contributed by atoms with Crippen LogP contribution in [0.4, 0.5) is 22.4 Å². The van der Waals surface area contributed by atoms with Crippen molar-refractivity contribution in [3.63, 3.8) is 0 Å². The van der Waals surface area contributed by atoms with Gasteiger partial charge in [0.25, 0.3) is 0 Å². The highest BCUT2D eigenvalue weighted by molar-refractivity contribution is 5.71. The normalized spacial score (nSPS) is 16.5. The van der Waals surface area contributed by atoms with Crippen LogP contribution in [0.2, 0.25) is 0 Å². The van der Waals surface area contributed by atoms with E-state index in [0.29, 0.717) is 47.9 Å². The lowest BCUT2D eigenvalue weighted by Crippen LogP contribution is -2.35. The summed E-state index contributed by atoms with van der Waals surface area (Å²) in [5.41, 5.74) is 1.74. The molecule has 2 N–H and O–H groups in total. The molecule has 0 saturated carbocycles. The molecule has 1 atom stereocenters. The van der Waals surface area contributed by atoms with Gasteiger partial charge in [0.1, 0.15) is 17.7 Å². The Morgan fingerprint density at radius 3 is 2.46 bits per heavy atom. The van der Waals surface area contributed by atoms with Crippen LogP contribution in [0, 0.1) is 0 Å². The molecule has 1 fully saturated rings. The Morgan fingerprint density at radius 1 is 1.10 bits per heavy atom. The maximum atomic E-state index is 12.9. The molecule has 13 nitrogen and oxygen atoms in total. The molecule has 0 bridgehead atoms. The summed E-state index contributed by atoms with van der Waals surface area (Å²) in [5.74, 6) is 3.13. The number of carbonyl (C=O) groups is 1. The molecule has 220 valence electrons. The van der Waals surface area contributed by atoms with Crippen molar-refractivity contribution >= 4 is 23.7 Å². The smallest absolute Gasteiger partial charge is 0.410 e. The zero-order valence-corrected chi connectivity index (χ0v) is 24.3. The van der Waals surface area contributed by atoms with Crippen LogP contribution in [0.5, 0.6) is 17.2 Å². The van der Waals surface area contributed by atoms with E-state index < -0.39 is 11.7 Å². The van der Waals surface area contributed by atoms with Crippen LogP contribution < -0.4 is 24.4 Å². The van der Waals surface area contributed by atoms with Gasteiger partial charge in [-0.3, -0.25) is 4.90 Å². The molecule has 4 heterocycles. The quantitative estimate of drug-likeness (QED) is 0.413. The van der Waals surface area contributed by atoms with Crippen molar-refractivity contribution in [3.05, 3.63) is 35.9 Å². The van der Waals surface area contributed by atoms with E-state index in [-0.39, 0.29) is 12.6 Å². The van der Waals surface area contributed by atoms with Crippen LogP contribution in [-0.4, -0.2) is 81.7 Å². The van der Waals surface area contributed by atoms with Crippen molar-refractivity contribution in [2.75, 3.05) is 44.7 Å². The van der Waals surface area contributed by atoms with Gasteiger partial charge in [0.2, 0.25) is 11.7 Å². The van der Waals surface area contributed by atoms with Crippen molar-refractivity contribution in [2.45, 2.75) is 58.3 Å². The lowest BCUT2D eigenvalue weighted by atomic mass is 10.2. The predicted octanol–water partition coefficient (Wildman–Crippen LogP) is 3.64. The number of hydrogen-bond acceptors (Lipinski definition) is 11. The van der Waals surface area contributed by atoms with E-state index in [4.69, 9.17) is 28.9 Å². The number of ether oxygens (including phenoxy) is 4. The zero-order valence-electron chi connectivity index (χ0n) is 24.3. The van der Waals surface area contributed by atoms with Crippen LogP contribution in [0.25, 0.3) is 5.69 Å². The van der Waals surface area contributed by atoms with Gasteiger partial charge >= 0.3 is 6.09 Å². The van der Waals surface area contributed by atoms with Crippen LogP contribution in [0.1, 0.15) is 44.9 Å². The van der Waals surface area contributed by atoms with Gasteiger partial charge in [0, 0.05) is 24.2 Å². The molecule has 1 saturated heterocycles. The molecule has 1 unspecified atom stereocenters. The zero-order chi connectivity index (χ0) is 29.3. The first-order valence-electron chi connectivity index (χ1n) is 13.5. The van der Waals surface area contributed by atoms with E-state index in [9.17, 15) is 9.90 Å². The molecule has 2 aliphatic rings. The fourth-order valence-corrected chi connectivity index (χ4v) is 5.15. The Bertz CT molecular complexity index is 1390. The van der Waals surface area contributed by atoms with E-state index in [1.165, 1.54) is 0 Å². The van der Waals surface area contributed by atoms with Crippen molar-refractivity contribution in [1.82, 2.24) is 24.4 Å². The Kier molecular flexibility index (Phi) is 7.80. The maximum Gasteiger partial charge on any atom is 0.410 e. The SMILES string of the molecule is COc1cc(-n2cnc(Nc3nc4c(c(N5CCCC5CO)n3)CN(C(=O)OC(C)(C)C)C4)c2)cc(OC)c1OC. The number of aliphatic hydroxyl groups is 1. The third kappa shape index (κ3) is 5.80. The molecule has 0 spiro atoms. The van der Waals surface area contributed by atoms with E-state index in [1.54, 1.807) is 38.8 Å². The van der Waals surface area contributed by atoms with Gasteiger partial charge in [-0.25, -0.2) is 14.8 Å². The van der Waals surface area contributed by atoms with E-state index in [1.807, 2.05) is 37.5 Å². The Labute approximate surface area is 239 Å². The number of fused-ring (bicyclic) bond motifs is 1. The lowest BCUT2D eigenvalue weighted by Gasteiger charge is -2.27. The Morgan fingerprint density at radius 2 is 1.83 bits per heavy atom. The number of benzene rings is 1. The minimum absolute atomic E-state index is 0.0243. The number of carbonyl (C=O) groups excluding carboxylic acids is 1. The minimum atomic E-state index is -0.610. The van der Waals surface area contributed by atoms with Gasteiger partial charge < -0.3 is 38.8 Å². The fraction of sp³-hybridized carbons (Fsp3) is 0.500. The van der Waals surface area contributed by atoms with Crippen molar-refractivity contribution < 1.29 is 28.8 Å². The first-order chi connectivity index (χ1) is 19.6. The number of amides is 1. The summed E-state index contributed by atoms with van der Waals surface area (Å²) in [6, 6.07) is 3.60. The molecule has 0 radical (unpaired) electrons. The summed E-state index contributed by atoms with van der Waals surface area (Å²) in [4.78, 5) is 30.7. The van der Waals surface area contributed by atoms with E-state index in [2.05, 4.69) is 15.2 Å². The summed E-state index contributed by atoms with van der Waals surface area (Å²) >= 11 is 0. The largest absolute Gasteiger partial charge is 0.493 e. The van der Waals surface area contributed by atoms with Gasteiger partial charge in [-0.1, -0.05) is 0 Å². The molecular weight excluding hydrogens is 530 g/mol. The molecule has 0 aliphatic carbocycles. The highest BCUT2D eigenvalue weighted by Gasteiger charge is 2.35. The minimum Gasteiger partial charge on any atom is -0.493 e. The number of nitrogens with one attached hydrogen (secondary N) is 1. The van der Waals surface area contributed by atoms with E-state index in [0.717, 1.165) is 36.3 Å². The molecular formula is C28H37N7O6. The van der Waals surface area contributed by atoms with Crippen LogP contribution >= 0.6 is 0 Å². The third-order valence-corrected chi connectivity index (χ3v) is 7.04. The summed E-state index contributed by atoms with van der Waals surface area (Å²) in [5, 5.41) is 13.2. The second-order valence-electron chi connectivity index (χ2n) is 11.0. The predicted molar refractivity (Wildman–Crippen MR) is 151 cm³/mol. The number of hydrogen-bond donors (Lipinski definition) is 2. The molecule has 13 heteroatoms. The van der Waals surface area contributed by atoms with Gasteiger partial charge in [0.15, 0.2) is 17.3 Å². The van der Waals surface area contributed by atoms with E-state index >= 15 is 0 Å². The molecule has 41 heavy (non-hydrogen) atoms. The van der Waals surface area contributed by atoms with Crippen LogP contribution in [-0.2, 0) is 17.8 Å². The third-order valence-electron chi connectivity index (χ3n) is 7.04. The molecule has 2 aliphatic heterocycles. The van der Waals surface area contributed by atoms with Gasteiger partial charge in [-0.15, -0.1) is 0 Å². The number of aliphatic hydroxyl groups excluding tert-OH is 1. The molecule has 5 rings (SSSR count). The number of methoxy groups -OCH3 is 3. The van der Waals surface area contributed by atoms with Gasteiger partial charge in [-0.05, 0) is 33.6 Å². The first kappa shape index (κ1) is 28.3. The van der Waals surface area contributed by atoms with Crippen LogP contribution in [0.15, 0.2) is 24.7 Å².